The van der Waals surface area contributed by atoms with Gasteiger partial charge < -0.3 is 9.64 Å². The van der Waals surface area contributed by atoms with Crippen molar-refractivity contribution in [2.45, 2.75) is 31.0 Å². The van der Waals surface area contributed by atoms with Crippen LogP contribution in [0.4, 0.5) is 0 Å². The van der Waals surface area contributed by atoms with E-state index in [1.54, 1.807) is 12.0 Å². The molecule has 2 heterocycles. The molecule has 0 bridgehead atoms. The number of hydrogen-bond donors (Lipinski definition) is 1. The summed E-state index contributed by atoms with van der Waals surface area (Å²) in [5, 5.41) is 10.1. The van der Waals surface area contributed by atoms with Gasteiger partial charge >= 0.3 is 0 Å². The Kier molecular flexibility index (Phi) is 6.85. The van der Waals surface area contributed by atoms with Gasteiger partial charge in [-0.15, -0.1) is 10.2 Å². The van der Waals surface area contributed by atoms with E-state index in [-0.39, 0.29) is 0 Å². The fourth-order valence-electron chi connectivity index (χ4n) is 3.85. The van der Waals surface area contributed by atoms with Crippen molar-refractivity contribution >= 4 is 11.8 Å². The lowest BCUT2D eigenvalue weighted by atomic mass is 10.1. The van der Waals surface area contributed by atoms with Crippen molar-refractivity contribution in [2.75, 3.05) is 32.5 Å². The molecule has 1 fully saturated rings. The molecular formula is C23H29N4OS+. The molecule has 29 heavy (non-hydrogen) atoms. The van der Waals surface area contributed by atoms with E-state index in [1.807, 2.05) is 23.9 Å². The molecule has 0 atom stereocenters. The van der Waals surface area contributed by atoms with Crippen molar-refractivity contribution < 1.29 is 9.64 Å². The minimum absolute atomic E-state index is 0.772. The van der Waals surface area contributed by atoms with Gasteiger partial charge in [0.25, 0.3) is 0 Å². The minimum Gasteiger partial charge on any atom is -0.497 e. The second-order valence-electron chi connectivity index (χ2n) is 7.52. The molecule has 3 aromatic rings. The molecule has 0 saturated carbocycles. The van der Waals surface area contributed by atoms with E-state index < -0.39 is 0 Å². The number of benzene rings is 2. The molecule has 1 aliphatic rings. The first kappa shape index (κ1) is 20.0. The standard InChI is InChI=1S/C23H28N4OS/c1-28-21-12-10-20(11-13-21)22-24-25-23(27(22)18-19-8-4-2-5-9-19)29-17-16-26-14-6-3-7-15-26/h2,4-5,8-13H,3,6-7,14-18H2,1H3/p+1. The highest BCUT2D eigenvalue weighted by Crippen LogP contribution is 2.26. The Balaban J connectivity index is 1.53. The van der Waals surface area contributed by atoms with Crippen LogP contribution in [-0.4, -0.2) is 47.3 Å². The summed E-state index contributed by atoms with van der Waals surface area (Å²) in [6, 6.07) is 18.6. The zero-order valence-electron chi connectivity index (χ0n) is 17.0. The highest BCUT2D eigenvalue weighted by atomic mass is 32.2. The third kappa shape index (κ3) is 5.19. The number of ether oxygens (including phenoxy) is 1. The number of nitrogens with zero attached hydrogens (tertiary/aromatic N) is 3. The Morgan fingerprint density at radius 3 is 2.45 bits per heavy atom. The number of nitrogens with one attached hydrogen (secondary N) is 1. The van der Waals surface area contributed by atoms with Gasteiger partial charge in [0.1, 0.15) is 5.75 Å². The summed E-state index contributed by atoms with van der Waals surface area (Å²) in [7, 11) is 1.69. The van der Waals surface area contributed by atoms with Gasteiger partial charge in [-0.25, -0.2) is 0 Å². The lowest BCUT2D eigenvalue weighted by Crippen LogP contribution is -3.13. The van der Waals surface area contributed by atoms with Crippen LogP contribution >= 0.6 is 11.8 Å². The first-order valence-corrected chi connectivity index (χ1v) is 11.4. The van der Waals surface area contributed by atoms with Crippen LogP contribution in [0, 0.1) is 0 Å². The van der Waals surface area contributed by atoms with Crippen LogP contribution in [0.25, 0.3) is 11.4 Å². The Labute approximate surface area is 177 Å². The maximum absolute atomic E-state index is 5.30. The van der Waals surface area contributed by atoms with E-state index in [4.69, 9.17) is 4.74 Å². The fourth-order valence-corrected chi connectivity index (χ4v) is 4.82. The summed E-state index contributed by atoms with van der Waals surface area (Å²) in [6.07, 6.45) is 4.13. The second kappa shape index (κ2) is 9.94. The Morgan fingerprint density at radius 1 is 0.966 bits per heavy atom. The van der Waals surface area contributed by atoms with Gasteiger partial charge in [-0.1, -0.05) is 42.1 Å². The van der Waals surface area contributed by atoms with Crippen molar-refractivity contribution in [1.82, 2.24) is 14.8 Å². The zero-order chi connectivity index (χ0) is 19.9. The van der Waals surface area contributed by atoms with Gasteiger partial charge in [-0.05, 0) is 49.1 Å². The largest absolute Gasteiger partial charge is 0.497 e. The van der Waals surface area contributed by atoms with Crippen LogP contribution < -0.4 is 9.64 Å². The van der Waals surface area contributed by atoms with Gasteiger partial charge in [-0.3, -0.25) is 4.57 Å². The lowest BCUT2D eigenvalue weighted by Gasteiger charge is -2.23. The molecule has 0 aliphatic carbocycles. The SMILES string of the molecule is COc1ccc(-c2nnc(SCC[NH+]3CCCCC3)n2Cc2ccccc2)cc1. The molecule has 1 aliphatic heterocycles. The predicted molar refractivity (Wildman–Crippen MR) is 118 cm³/mol. The number of piperidine rings is 1. The van der Waals surface area contributed by atoms with E-state index in [9.17, 15) is 0 Å². The van der Waals surface area contributed by atoms with Crippen LogP contribution in [0.5, 0.6) is 5.75 Å². The van der Waals surface area contributed by atoms with Crippen molar-refractivity contribution in [3.8, 4) is 17.1 Å². The van der Waals surface area contributed by atoms with Gasteiger partial charge in [0.15, 0.2) is 11.0 Å². The van der Waals surface area contributed by atoms with E-state index in [1.165, 1.54) is 44.5 Å². The normalized spacial score (nSPS) is 14.8. The minimum atomic E-state index is 0.772. The molecule has 1 saturated heterocycles. The monoisotopic (exact) mass is 409 g/mol. The molecule has 152 valence electrons. The average molecular weight is 410 g/mol. The Bertz CT molecular complexity index is 889. The van der Waals surface area contributed by atoms with Crippen LogP contribution in [-0.2, 0) is 6.54 Å². The van der Waals surface area contributed by atoms with Crippen LogP contribution in [0.2, 0.25) is 0 Å². The van der Waals surface area contributed by atoms with Crippen molar-refractivity contribution in [1.29, 1.82) is 0 Å². The summed E-state index contributed by atoms with van der Waals surface area (Å²) in [5.41, 5.74) is 2.31. The summed E-state index contributed by atoms with van der Waals surface area (Å²) < 4.78 is 7.54. The van der Waals surface area contributed by atoms with Gasteiger partial charge in [-0.2, -0.15) is 0 Å². The number of hydrogen-bond acceptors (Lipinski definition) is 4. The van der Waals surface area contributed by atoms with Crippen molar-refractivity contribution in [3.05, 3.63) is 60.2 Å². The maximum Gasteiger partial charge on any atom is 0.192 e. The number of methoxy groups -OCH3 is 1. The van der Waals surface area contributed by atoms with E-state index in [0.717, 1.165) is 34.6 Å². The summed E-state index contributed by atoms with van der Waals surface area (Å²) in [6.45, 7) is 4.59. The smallest absolute Gasteiger partial charge is 0.192 e. The lowest BCUT2D eigenvalue weighted by molar-refractivity contribution is -0.902. The molecular weight excluding hydrogens is 380 g/mol. The van der Waals surface area contributed by atoms with E-state index in [0.29, 0.717) is 0 Å². The summed E-state index contributed by atoms with van der Waals surface area (Å²) in [5.74, 6) is 2.83. The number of rotatable bonds is 8. The molecule has 0 spiro atoms. The molecule has 0 radical (unpaired) electrons. The molecule has 1 N–H and O–H groups in total. The molecule has 4 rings (SSSR count). The topological polar surface area (TPSA) is 44.4 Å². The fraction of sp³-hybridized carbons (Fsp3) is 0.391. The predicted octanol–water partition coefficient (Wildman–Crippen LogP) is 3.16. The molecule has 2 aromatic carbocycles. The first-order valence-electron chi connectivity index (χ1n) is 10.4. The van der Waals surface area contributed by atoms with Crippen LogP contribution in [0.15, 0.2) is 59.8 Å². The summed E-state index contributed by atoms with van der Waals surface area (Å²) >= 11 is 1.83. The average Bonchev–Trinajstić information content (AvgIpc) is 3.17. The first-order chi connectivity index (χ1) is 14.3. The Hall–Kier alpha value is -2.31. The van der Waals surface area contributed by atoms with Gasteiger partial charge in [0.05, 0.1) is 39.0 Å². The van der Waals surface area contributed by atoms with E-state index >= 15 is 0 Å². The molecule has 0 unspecified atom stereocenters. The maximum atomic E-state index is 5.30. The number of aromatic nitrogens is 3. The molecule has 6 heteroatoms. The number of thioether (sulfide) groups is 1. The van der Waals surface area contributed by atoms with Crippen LogP contribution in [0.1, 0.15) is 24.8 Å². The third-order valence-electron chi connectivity index (χ3n) is 5.50. The molecule has 1 aromatic heterocycles. The van der Waals surface area contributed by atoms with E-state index in [2.05, 4.69) is 57.2 Å². The second-order valence-corrected chi connectivity index (χ2v) is 8.58. The van der Waals surface area contributed by atoms with Gasteiger partial charge in [0.2, 0.25) is 0 Å². The van der Waals surface area contributed by atoms with Crippen molar-refractivity contribution in [2.24, 2.45) is 0 Å². The molecule has 5 nitrogen and oxygen atoms in total. The number of likely N-dealkylation sites (tertiary alicyclic amines) is 1. The summed E-state index contributed by atoms with van der Waals surface area (Å²) in [4.78, 5) is 1.73. The quantitative estimate of drug-likeness (QED) is 0.581. The van der Waals surface area contributed by atoms with Gasteiger partial charge in [0, 0.05) is 5.56 Å². The zero-order valence-corrected chi connectivity index (χ0v) is 17.8. The third-order valence-corrected chi connectivity index (χ3v) is 6.46. The highest BCUT2D eigenvalue weighted by Gasteiger charge is 2.17. The highest BCUT2D eigenvalue weighted by molar-refractivity contribution is 7.99. The molecule has 0 amide bonds. The van der Waals surface area contributed by atoms with Crippen molar-refractivity contribution in [3.63, 3.8) is 0 Å². The van der Waals surface area contributed by atoms with Crippen LogP contribution in [0.3, 0.4) is 0 Å². The number of quaternary nitrogens is 1. The Morgan fingerprint density at radius 2 is 1.72 bits per heavy atom.